The van der Waals surface area contributed by atoms with E-state index >= 15 is 0 Å². The van der Waals surface area contributed by atoms with Gasteiger partial charge in [0.2, 0.25) is 5.91 Å². The van der Waals surface area contributed by atoms with Gasteiger partial charge in [-0.3, -0.25) is 4.79 Å². The third kappa shape index (κ3) is 3.63. The van der Waals surface area contributed by atoms with Crippen molar-refractivity contribution in [3.8, 4) is 0 Å². The van der Waals surface area contributed by atoms with E-state index in [2.05, 4.69) is 22.6 Å². The molecule has 0 unspecified atom stereocenters. The Morgan fingerprint density at radius 3 is 2.56 bits per heavy atom. The summed E-state index contributed by atoms with van der Waals surface area (Å²) in [7, 11) is 0. The Bertz CT molecular complexity index is 368. The van der Waals surface area contributed by atoms with Gasteiger partial charge in [0, 0.05) is 16.2 Å². The Balaban J connectivity index is 2.84. The zero-order valence-corrected chi connectivity index (χ0v) is 12.3. The first-order valence-corrected chi connectivity index (χ1v) is 6.76. The third-order valence-electron chi connectivity index (χ3n) is 2.36. The number of rotatable bonds is 4. The first-order chi connectivity index (χ1) is 7.56. The van der Waals surface area contributed by atoms with E-state index in [1.807, 2.05) is 38.1 Å². The minimum atomic E-state index is -0.0173. The molecule has 1 aromatic rings. The summed E-state index contributed by atoms with van der Waals surface area (Å²) in [6.45, 7) is 4.63. The second-order valence-electron chi connectivity index (χ2n) is 3.84. The summed E-state index contributed by atoms with van der Waals surface area (Å²) in [5, 5.41) is 0. The van der Waals surface area contributed by atoms with Crippen LogP contribution in [0.3, 0.4) is 0 Å². The molecule has 1 aromatic carbocycles. The van der Waals surface area contributed by atoms with Gasteiger partial charge in [-0.25, -0.2) is 0 Å². The Labute approximate surface area is 115 Å². The van der Waals surface area contributed by atoms with E-state index in [0.29, 0.717) is 6.54 Å². The summed E-state index contributed by atoms with van der Waals surface area (Å²) < 4.78 is 1.17. The van der Waals surface area contributed by atoms with Crippen LogP contribution in [-0.2, 0) is 11.3 Å². The van der Waals surface area contributed by atoms with E-state index < -0.39 is 0 Å². The average Bonchev–Trinajstić information content (AvgIpc) is 2.26. The van der Waals surface area contributed by atoms with Crippen molar-refractivity contribution in [3.05, 3.63) is 33.4 Å². The molecule has 0 atom stereocenters. The molecule has 4 heteroatoms. The quantitative estimate of drug-likeness (QED) is 0.602. The number of carbonyl (C=O) groups excluding carboxylic acids is 1. The fourth-order valence-electron chi connectivity index (χ4n) is 1.45. The van der Waals surface area contributed by atoms with Crippen LogP contribution in [0.15, 0.2) is 24.3 Å². The van der Waals surface area contributed by atoms with Crippen LogP contribution >= 0.6 is 34.2 Å². The van der Waals surface area contributed by atoms with Gasteiger partial charge >= 0.3 is 0 Å². The van der Waals surface area contributed by atoms with Crippen LogP contribution < -0.4 is 0 Å². The molecule has 1 amide bonds. The zero-order chi connectivity index (χ0) is 12.1. The summed E-state index contributed by atoms with van der Waals surface area (Å²) in [5.74, 6) is 0.0260. The molecule has 0 saturated heterocycles. The van der Waals surface area contributed by atoms with Crippen molar-refractivity contribution in [1.82, 2.24) is 4.90 Å². The SMILES string of the molecule is CC(C)N(Cc1ccccc1I)C(=O)CCl. The predicted octanol–water partition coefficient (Wildman–Crippen LogP) is 3.27. The van der Waals surface area contributed by atoms with E-state index in [1.54, 1.807) is 4.90 Å². The fourth-order valence-corrected chi connectivity index (χ4v) is 2.16. The van der Waals surface area contributed by atoms with Crippen LogP contribution in [0.2, 0.25) is 0 Å². The standard InChI is InChI=1S/C12H15ClINO/c1-9(2)15(12(16)7-13)8-10-5-3-4-6-11(10)14/h3-6,9H,7-8H2,1-2H3. The number of alkyl halides is 1. The molecule has 0 fully saturated rings. The lowest BCUT2D eigenvalue weighted by atomic mass is 10.2. The van der Waals surface area contributed by atoms with Crippen LogP contribution in [0, 0.1) is 3.57 Å². The molecule has 2 nitrogen and oxygen atoms in total. The van der Waals surface area contributed by atoms with Gasteiger partial charge in [-0.2, -0.15) is 0 Å². The number of nitrogens with zero attached hydrogens (tertiary/aromatic N) is 1. The highest BCUT2D eigenvalue weighted by molar-refractivity contribution is 14.1. The molecule has 0 spiro atoms. The van der Waals surface area contributed by atoms with Crippen molar-refractivity contribution in [2.75, 3.05) is 5.88 Å². The first kappa shape index (κ1) is 13.8. The maximum absolute atomic E-state index is 11.7. The summed E-state index contributed by atoms with van der Waals surface area (Å²) in [6, 6.07) is 8.23. The summed E-state index contributed by atoms with van der Waals surface area (Å²) >= 11 is 7.89. The van der Waals surface area contributed by atoms with E-state index in [1.165, 1.54) is 3.57 Å². The van der Waals surface area contributed by atoms with Crippen LogP contribution in [0.1, 0.15) is 19.4 Å². The third-order valence-corrected chi connectivity index (χ3v) is 3.64. The van der Waals surface area contributed by atoms with Gasteiger partial charge in [0.05, 0.1) is 0 Å². The van der Waals surface area contributed by atoms with Crippen LogP contribution in [0.5, 0.6) is 0 Å². The number of hydrogen-bond acceptors (Lipinski definition) is 1. The highest BCUT2D eigenvalue weighted by atomic mass is 127. The molecule has 0 radical (unpaired) electrons. The summed E-state index contributed by atoms with van der Waals surface area (Å²) in [5.41, 5.74) is 1.16. The van der Waals surface area contributed by atoms with E-state index in [0.717, 1.165) is 5.56 Å². The maximum Gasteiger partial charge on any atom is 0.238 e. The molecule has 0 aliphatic rings. The van der Waals surface area contributed by atoms with Crippen molar-refractivity contribution in [2.45, 2.75) is 26.4 Å². The van der Waals surface area contributed by atoms with Gasteiger partial charge in [-0.1, -0.05) is 18.2 Å². The molecule has 16 heavy (non-hydrogen) atoms. The molecule has 0 saturated carbocycles. The van der Waals surface area contributed by atoms with Crippen molar-refractivity contribution < 1.29 is 4.79 Å². The zero-order valence-electron chi connectivity index (χ0n) is 9.41. The van der Waals surface area contributed by atoms with Crippen LogP contribution in [0.25, 0.3) is 0 Å². The monoisotopic (exact) mass is 351 g/mol. The molecule has 0 aliphatic heterocycles. The topological polar surface area (TPSA) is 20.3 Å². The molecule has 1 rings (SSSR count). The molecule has 0 heterocycles. The Morgan fingerprint density at radius 2 is 2.06 bits per heavy atom. The number of benzene rings is 1. The molecule has 0 bridgehead atoms. The first-order valence-electron chi connectivity index (χ1n) is 5.15. The minimum Gasteiger partial charge on any atom is -0.335 e. The van der Waals surface area contributed by atoms with E-state index in [-0.39, 0.29) is 17.8 Å². The number of hydrogen-bond donors (Lipinski definition) is 0. The number of halogens is 2. The average molecular weight is 352 g/mol. The smallest absolute Gasteiger partial charge is 0.238 e. The Hall–Kier alpha value is -0.290. The molecule has 0 aliphatic carbocycles. The fraction of sp³-hybridized carbons (Fsp3) is 0.417. The summed E-state index contributed by atoms with van der Waals surface area (Å²) in [4.78, 5) is 13.5. The van der Waals surface area contributed by atoms with Gasteiger partial charge in [0.25, 0.3) is 0 Å². The van der Waals surface area contributed by atoms with Crippen LogP contribution in [-0.4, -0.2) is 22.7 Å². The molecule has 0 aromatic heterocycles. The van der Waals surface area contributed by atoms with Gasteiger partial charge < -0.3 is 4.90 Å². The minimum absolute atomic E-state index is 0.0173. The van der Waals surface area contributed by atoms with E-state index in [9.17, 15) is 4.79 Å². The highest BCUT2D eigenvalue weighted by Crippen LogP contribution is 2.15. The number of carbonyl (C=O) groups is 1. The van der Waals surface area contributed by atoms with Gasteiger partial charge in [0.15, 0.2) is 0 Å². The summed E-state index contributed by atoms with van der Waals surface area (Å²) in [6.07, 6.45) is 0. The highest BCUT2D eigenvalue weighted by Gasteiger charge is 2.16. The predicted molar refractivity (Wildman–Crippen MR) is 75.6 cm³/mol. The number of amides is 1. The Kier molecular flexibility index (Phi) is 5.55. The van der Waals surface area contributed by atoms with Crippen molar-refractivity contribution in [1.29, 1.82) is 0 Å². The molecule has 0 N–H and O–H groups in total. The lowest BCUT2D eigenvalue weighted by molar-refractivity contribution is -0.130. The van der Waals surface area contributed by atoms with Gasteiger partial charge in [-0.15, -0.1) is 11.6 Å². The van der Waals surface area contributed by atoms with Crippen molar-refractivity contribution >= 4 is 40.1 Å². The van der Waals surface area contributed by atoms with Crippen molar-refractivity contribution in [2.24, 2.45) is 0 Å². The lowest BCUT2D eigenvalue weighted by Crippen LogP contribution is -2.37. The maximum atomic E-state index is 11.7. The molecular weight excluding hydrogens is 336 g/mol. The van der Waals surface area contributed by atoms with Gasteiger partial charge in [0.1, 0.15) is 5.88 Å². The van der Waals surface area contributed by atoms with Crippen molar-refractivity contribution in [3.63, 3.8) is 0 Å². The largest absolute Gasteiger partial charge is 0.335 e. The second-order valence-corrected chi connectivity index (χ2v) is 5.27. The van der Waals surface area contributed by atoms with E-state index in [4.69, 9.17) is 11.6 Å². The molecular formula is C12H15ClINO. The normalized spacial score (nSPS) is 10.6. The second kappa shape index (κ2) is 6.45. The lowest BCUT2D eigenvalue weighted by Gasteiger charge is -2.26. The van der Waals surface area contributed by atoms with Crippen LogP contribution in [0.4, 0.5) is 0 Å². The van der Waals surface area contributed by atoms with Gasteiger partial charge in [-0.05, 0) is 48.1 Å². The molecule has 88 valence electrons. The Morgan fingerprint density at radius 1 is 1.44 bits per heavy atom.